The molecule has 0 radical (unpaired) electrons. The van der Waals surface area contributed by atoms with Crippen molar-refractivity contribution in [3.05, 3.63) is 108 Å². The Labute approximate surface area is 252 Å². The third-order valence-corrected chi connectivity index (χ3v) is 9.56. The number of rotatable bonds is 6. The normalized spacial score (nSPS) is 16.5. The van der Waals surface area contributed by atoms with Crippen molar-refractivity contribution in [3.63, 3.8) is 0 Å². The Morgan fingerprint density at radius 3 is 2.36 bits per heavy atom. The summed E-state index contributed by atoms with van der Waals surface area (Å²) in [6.07, 6.45) is -0.697. The SMILES string of the molecule is Cc1ccc(S(=O)(=O)n2cc(-c3cc(F)cc(C(F)(F)F)c3)c3cc(-c4ccc(CN5CCCC(O)C5)cc4)cnc32)cc1. The number of halogens is 4. The van der Waals surface area contributed by atoms with E-state index < -0.39 is 27.6 Å². The van der Waals surface area contributed by atoms with Gasteiger partial charge in [0.25, 0.3) is 10.0 Å². The molecule has 1 saturated heterocycles. The van der Waals surface area contributed by atoms with E-state index >= 15 is 0 Å². The van der Waals surface area contributed by atoms with Gasteiger partial charge in [0.1, 0.15) is 5.82 Å². The van der Waals surface area contributed by atoms with Gasteiger partial charge in [-0.1, -0.05) is 42.0 Å². The number of aromatic nitrogens is 2. The molecule has 1 aliphatic heterocycles. The van der Waals surface area contributed by atoms with E-state index in [9.17, 15) is 31.1 Å². The summed E-state index contributed by atoms with van der Waals surface area (Å²) in [6, 6.07) is 17.7. The first-order chi connectivity index (χ1) is 20.9. The van der Waals surface area contributed by atoms with Crippen LogP contribution >= 0.6 is 0 Å². The number of aliphatic hydroxyl groups excluding tert-OH is 1. The molecule has 6 nitrogen and oxygen atoms in total. The fourth-order valence-corrected chi connectivity index (χ4v) is 6.94. The summed E-state index contributed by atoms with van der Waals surface area (Å²) in [5.74, 6) is -1.10. The van der Waals surface area contributed by atoms with Crippen LogP contribution in [-0.2, 0) is 22.7 Å². The third kappa shape index (κ3) is 5.99. The van der Waals surface area contributed by atoms with Gasteiger partial charge in [0.15, 0.2) is 5.65 Å². The van der Waals surface area contributed by atoms with E-state index in [-0.39, 0.29) is 33.2 Å². The van der Waals surface area contributed by atoms with Gasteiger partial charge in [-0.15, -0.1) is 0 Å². The topological polar surface area (TPSA) is 75.4 Å². The number of hydrogen-bond acceptors (Lipinski definition) is 5. The number of aliphatic hydroxyl groups is 1. The van der Waals surface area contributed by atoms with Gasteiger partial charge >= 0.3 is 6.18 Å². The second-order valence-corrected chi connectivity index (χ2v) is 13.0. The van der Waals surface area contributed by atoms with E-state index in [0.29, 0.717) is 24.7 Å². The molecular formula is C33H29F4N3O3S. The molecule has 0 aliphatic carbocycles. The smallest absolute Gasteiger partial charge is 0.392 e. The Bertz CT molecular complexity index is 1940. The Kier molecular flexibility index (Phi) is 7.81. The quantitative estimate of drug-likeness (QED) is 0.206. The number of benzene rings is 3. The van der Waals surface area contributed by atoms with Crippen molar-refractivity contribution >= 4 is 21.1 Å². The molecule has 1 N–H and O–H groups in total. The average molecular weight is 624 g/mol. The highest BCUT2D eigenvalue weighted by molar-refractivity contribution is 7.90. The molecule has 5 aromatic rings. The van der Waals surface area contributed by atoms with Crippen LogP contribution < -0.4 is 0 Å². The minimum Gasteiger partial charge on any atom is -0.392 e. The zero-order valence-electron chi connectivity index (χ0n) is 23.7. The van der Waals surface area contributed by atoms with E-state index in [4.69, 9.17) is 0 Å². The molecular weight excluding hydrogens is 594 g/mol. The van der Waals surface area contributed by atoms with Crippen molar-refractivity contribution in [2.75, 3.05) is 13.1 Å². The lowest BCUT2D eigenvalue weighted by molar-refractivity contribution is -0.137. The first-order valence-corrected chi connectivity index (χ1v) is 15.5. The molecule has 44 heavy (non-hydrogen) atoms. The Hall–Kier alpha value is -4.06. The Morgan fingerprint density at radius 2 is 1.68 bits per heavy atom. The molecule has 0 saturated carbocycles. The van der Waals surface area contributed by atoms with E-state index in [1.807, 2.05) is 31.2 Å². The minimum absolute atomic E-state index is 0.00224. The van der Waals surface area contributed by atoms with E-state index in [0.717, 1.165) is 52.2 Å². The van der Waals surface area contributed by atoms with Crippen LogP contribution in [0.3, 0.4) is 0 Å². The fraction of sp³-hybridized carbons (Fsp3) is 0.242. The molecule has 1 atom stereocenters. The van der Waals surface area contributed by atoms with Gasteiger partial charge in [0.2, 0.25) is 0 Å². The van der Waals surface area contributed by atoms with Crippen LogP contribution in [0.5, 0.6) is 0 Å². The molecule has 0 bridgehead atoms. The number of β-amino-alcohol motifs (C(OH)–C–C–N with tert-alkyl or cyclic N) is 1. The highest BCUT2D eigenvalue weighted by Gasteiger charge is 2.32. The summed E-state index contributed by atoms with van der Waals surface area (Å²) in [5, 5.41) is 10.2. The van der Waals surface area contributed by atoms with Crippen LogP contribution in [0.15, 0.2) is 90.1 Å². The minimum atomic E-state index is -4.80. The highest BCUT2D eigenvalue weighted by Crippen LogP contribution is 2.38. The molecule has 0 spiro atoms. The molecule has 0 amide bonds. The molecule has 2 aromatic heterocycles. The lowest BCUT2D eigenvalue weighted by atomic mass is 10.00. The number of piperidine rings is 1. The maximum absolute atomic E-state index is 14.5. The number of pyridine rings is 1. The van der Waals surface area contributed by atoms with Gasteiger partial charge < -0.3 is 5.11 Å². The predicted molar refractivity (Wildman–Crippen MR) is 160 cm³/mol. The summed E-state index contributed by atoms with van der Waals surface area (Å²) in [7, 11) is -4.20. The molecule has 228 valence electrons. The van der Waals surface area contributed by atoms with Crippen molar-refractivity contribution in [1.29, 1.82) is 0 Å². The first-order valence-electron chi connectivity index (χ1n) is 14.1. The number of nitrogens with zero attached hydrogens (tertiary/aromatic N) is 3. The fourth-order valence-electron chi connectivity index (χ4n) is 5.62. The number of aryl methyl sites for hydroxylation is 1. The lowest BCUT2D eigenvalue weighted by Gasteiger charge is -2.29. The Balaban J connectivity index is 1.46. The standard InChI is InChI=1S/C33H29F4N3O3S/c1-21-4-10-29(11-5-21)44(42,43)40-20-31(24-13-26(33(35,36)37)16-27(34)14-24)30-15-25(17-38-32(30)40)23-8-6-22(7-9-23)18-39-12-2-3-28(41)19-39/h4-11,13-17,20,28,41H,2-3,12,18-19H2,1H3. The van der Waals surface area contributed by atoms with Crippen LogP contribution in [0.1, 0.15) is 29.5 Å². The van der Waals surface area contributed by atoms with Crippen LogP contribution in [0.2, 0.25) is 0 Å². The van der Waals surface area contributed by atoms with Gasteiger partial charge in [-0.3, -0.25) is 4.90 Å². The second-order valence-electron chi connectivity index (χ2n) is 11.2. The van der Waals surface area contributed by atoms with Gasteiger partial charge in [-0.05, 0) is 79.4 Å². The van der Waals surface area contributed by atoms with Gasteiger partial charge in [-0.25, -0.2) is 21.8 Å². The predicted octanol–water partition coefficient (Wildman–Crippen LogP) is 7.03. The number of fused-ring (bicyclic) bond motifs is 1. The van der Waals surface area contributed by atoms with E-state index in [1.54, 1.807) is 18.2 Å². The van der Waals surface area contributed by atoms with Crippen LogP contribution in [0, 0.1) is 12.7 Å². The summed E-state index contributed by atoms with van der Waals surface area (Å²) in [6.45, 7) is 4.01. The molecule has 1 fully saturated rings. The highest BCUT2D eigenvalue weighted by atomic mass is 32.2. The Morgan fingerprint density at radius 1 is 0.955 bits per heavy atom. The van der Waals surface area contributed by atoms with E-state index in [2.05, 4.69) is 9.88 Å². The average Bonchev–Trinajstić information content (AvgIpc) is 3.37. The molecule has 11 heteroatoms. The largest absolute Gasteiger partial charge is 0.416 e. The van der Waals surface area contributed by atoms with E-state index in [1.165, 1.54) is 24.5 Å². The molecule has 6 rings (SSSR count). The molecule has 1 unspecified atom stereocenters. The maximum atomic E-state index is 14.5. The molecule has 3 aromatic carbocycles. The monoisotopic (exact) mass is 623 g/mol. The second kappa shape index (κ2) is 11.5. The van der Waals surface area contributed by atoms with Crippen LogP contribution in [-0.4, -0.2) is 46.6 Å². The van der Waals surface area contributed by atoms with Crippen molar-refractivity contribution in [2.45, 2.75) is 43.5 Å². The summed E-state index contributed by atoms with van der Waals surface area (Å²) < 4.78 is 83.7. The van der Waals surface area contributed by atoms with Crippen molar-refractivity contribution in [2.24, 2.45) is 0 Å². The van der Waals surface area contributed by atoms with Gasteiger partial charge in [0.05, 0.1) is 16.6 Å². The van der Waals surface area contributed by atoms with Crippen molar-refractivity contribution in [3.8, 4) is 22.3 Å². The number of alkyl halides is 3. The van der Waals surface area contributed by atoms with Crippen LogP contribution in [0.25, 0.3) is 33.3 Å². The van der Waals surface area contributed by atoms with Crippen molar-refractivity contribution < 1.29 is 31.1 Å². The van der Waals surface area contributed by atoms with Crippen molar-refractivity contribution in [1.82, 2.24) is 13.9 Å². The number of hydrogen-bond donors (Lipinski definition) is 1. The zero-order valence-corrected chi connectivity index (χ0v) is 24.5. The van der Waals surface area contributed by atoms with Crippen LogP contribution in [0.4, 0.5) is 17.6 Å². The lowest BCUT2D eigenvalue weighted by Crippen LogP contribution is -2.37. The first kappa shape index (κ1) is 30.0. The van der Waals surface area contributed by atoms with Gasteiger partial charge in [0, 0.05) is 42.0 Å². The number of likely N-dealkylation sites (tertiary alicyclic amines) is 1. The van der Waals surface area contributed by atoms with Gasteiger partial charge in [-0.2, -0.15) is 13.2 Å². The summed E-state index contributed by atoms with van der Waals surface area (Å²) in [4.78, 5) is 6.63. The zero-order chi connectivity index (χ0) is 31.2. The summed E-state index contributed by atoms with van der Waals surface area (Å²) >= 11 is 0. The molecule has 1 aliphatic rings. The maximum Gasteiger partial charge on any atom is 0.416 e. The molecule has 3 heterocycles. The summed E-state index contributed by atoms with van der Waals surface area (Å²) in [5.41, 5.74) is 2.05. The third-order valence-electron chi connectivity index (χ3n) is 7.90.